The zero-order valence-electron chi connectivity index (χ0n) is 15.4. The predicted octanol–water partition coefficient (Wildman–Crippen LogP) is 3.15. The van der Waals surface area contributed by atoms with E-state index in [9.17, 15) is 9.90 Å². The summed E-state index contributed by atoms with van der Waals surface area (Å²) in [6.45, 7) is 1.39. The largest absolute Gasteiger partial charge is 0.396 e. The molecule has 0 spiro atoms. The number of carbonyl (C=O) groups excluding carboxylic acids is 1. The van der Waals surface area contributed by atoms with Crippen LogP contribution in [0, 0.1) is 11.8 Å². The van der Waals surface area contributed by atoms with Crippen molar-refractivity contribution < 1.29 is 14.7 Å². The number of rotatable bonds is 8. The average Bonchev–Trinajstić information content (AvgIpc) is 2.73. The molecule has 1 aliphatic rings. The number of aliphatic hydroxyl groups excluding tert-OH is 1. The number of para-hydroxylation sites is 1. The van der Waals surface area contributed by atoms with E-state index in [1.165, 1.54) is 0 Å². The van der Waals surface area contributed by atoms with Gasteiger partial charge in [0.1, 0.15) is 0 Å². The van der Waals surface area contributed by atoms with Gasteiger partial charge in [-0.2, -0.15) is 0 Å². The lowest BCUT2D eigenvalue weighted by molar-refractivity contribution is 0.00616. The number of hydroxylamine groups is 1. The molecule has 0 bridgehead atoms. The van der Waals surface area contributed by atoms with Crippen LogP contribution in [0.2, 0.25) is 0 Å². The normalized spacial score (nSPS) is 19.4. The number of carbonyl (C=O) groups is 1. The van der Waals surface area contributed by atoms with Gasteiger partial charge in [-0.15, -0.1) is 0 Å². The van der Waals surface area contributed by atoms with Crippen molar-refractivity contribution in [1.29, 1.82) is 0 Å². The van der Waals surface area contributed by atoms with Crippen molar-refractivity contribution in [3.63, 3.8) is 0 Å². The fraction of sp³-hybridized carbons (Fsp3) is 0.429. The molecule has 3 N–H and O–H groups in total. The van der Waals surface area contributed by atoms with Gasteiger partial charge in [-0.05, 0) is 67.3 Å². The first-order chi connectivity index (χ1) is 13.3. The number of nitrogens with zero attached hydrogens (tertiary/aromatic N) is 1. The Morgan fingerprint density at radius 1 is 1.07 bits per heavy atom. The molecule has 1 aromatic heterocycles. The van der Waals surface area contributed by atoms with Crippen molar-refractivity contribution in [3.05, 3.63) is 59.9 Å². The van der Waals surface area contributed by atoms with Gasteiger partial charge in [0.15, 0.2) is 0 Å². The third-order valence-corrected chi connectivity index (χ3v) is 5.11. The van der Waals surface area contributed by atoms with E-state index in [0.29, 0.717) is 30.6 Å². The van der Waals surface area contributed by atoms with E-state index in [1.54, 1.807) is 18.5 Å². The molecule has 1 heterocycles. The van der Waals surface area contributed by atoms with Crippen LogP contribution in [-0.2, 0) is 11.4 Å². The second-order valence-electron chi connectivity index (χ2n) is 7.07. The number of benzene rings is 1. The van der Waals surface area contributed by atoms with Crippen molar-refractivity contribution >= 4 is 11.6 Å². The maximum absolute atomic E-state index is 12.5. The van der Waals surface area contributed by atoms with Gasteiger partial charge in [-0.25, -0.2) is 5.48 Å². The first-order valence-corrected chi connectivity index (χ1v) is 9.51. The van der Waals surface area contributed by atoms with Gasteiger partial charge in [0.05, 0.1) is 12.2 Å². The Kier molecular flexibility index (Phi) is 7.19. The van der Waals surface area contributed by atoms with Gasteiger partial charge < -0.3 is 10.4 Å². The SMILES string of the molecule is O=C(NOC[C@H]1CC[C@H](CO)CC1)c1ccccc1NCc1ccncc1. The van der Waals surface area contributed by atoms with Gasteiger partial charge in [-0.1, -0.05) is 12.1 Å². The third-order valence-electron chi connectivity index (χ3n) is 5.11. The van der Waals surface area contributed by atoms with Crippen LogP contribution in [0.3, 0.4) is 0 Å². The summed E-state index contributed by atoms with van der Waals surface area (Å²) in [6, 6.07) is 11.3. The van der Waals surface area contributed by atoms with E-state index in [4.69, 9.17) is 4.84 Å². The van der Waals surface area contributed by atoms with Crippen molar-refractivity contribution in [3.8, 4) is 0 Å². The van der Waals surface area contributed by atoms with Crippen molar-refractivity contribution in [2.24, 2.45) is 11.8 Å². The van der Waals surface area contributed by atoms with E-state index in [2.05, 4.69) is 15.8 Å². The lowest BCUT2D eigenvalue weighted by Gasteiger charge is -2.26. The monoisotopic (exact) mass is 369 g/mol. The Balaban J connectivity index is 1.48. The number of nitrogens with one attached hydrogen (secondary N) is 2. The highest BCUT2D eigenvalue weighted by Gasteiger charge is 2.21. The molecule has 1 aliphatic carbocycles. The van der Waals surface area contributed by atoms with Crippen LogP contribution in [0.15, 0.2) is 48.8 Å². The average molecular weight is 369 g/mol. The fourth-order valence-corrected chi connectivity index (χ4v) is 3.39. The summed E-state index contributed by atoms with van der Waals surface area (Å²) in [7, 11) is 0. The molecule has 1 fully saturated rings. The number of anilines is 1. The third kappa shape index (κ3) is 5.77. The van der Waals surface area contributed by atoms with Gasteiger partial charge in [0, 0.05) is 31.2 Å². The highest BCUT2D eigenvalue weighted by Crippen LogP contribution is 2.28. The maximum atomic E-state index is 12.5. The van der Waals surface area contributed by atoms with Crippen LogP contribution in [0.25, 0.3) is 0 Å². The molecule has 2 aromatic rings. The molecule has 0 atom stereocenters. The predicted molar refractivity (Wildman–Crippen MR) is 104 cm³/mol. The van der Waals surface area contributed by atoms with Crippen molar-refractivity contribution in [2.45, 2.75) is 32.2 Å². The standard InChI is InChI=1S/C21H27N3O3/c25-14-17-5-7-18(8-6-17)15-27-24-21(26)19-3-1-2-4-20(19)23-13-16-9-11-22-12-10-16/h1-4,9-12,17-18,23,25H,5-8,13-15H2,(H,24,26)/t17-,18-. The van der Waals surface area contributed by atoms with Crippen LogP contribution in [-0.4, -0.2) is 29.2 Å². The molecule has 144 valence electrons. The summed E-state index contributed by atoms with van der Waals surface area (Å²) in [5, 5.41) is 12.5. The Morgan fingerprint density at radius 2 is 1.78 bits per heavy atom. The molecule has 0 aliphatic heterocycles. The maximum Gasteiger partial charge on any atom is 0.276 e. The highest BCUT2D eigenvalue weighted by molar-refractivity contribution is 5.98. The topological polar surface area (TPSA) is 83.5 Å². The Hall–Kier alpha value is -2.44. The molecule has 1 saturated carbocycles. The molecular formula is C21H27N3O3. The molecular weight excluding hydrogens is 342 g/mol. The number of hydrogen-bond acceptors (Lipinski definition) is 5. The molecule has 0 radical (unpaired) electrons. The van der Waals surface area contributed by atoms with E-state index < -0.39 is 0 Å². The summed E-state index contributed by atoms with van der Waals surface area (Å²) in [5.74, 6) is 0.610. The molecule has 27 heavy (non-hydrogen) atoms. The number of hydrogen-bond donors (Lipinski definition) is 3. The van der Waals surface area contributed by atoms with E-state index in [-0.39, 0.29) is 12.5 Å². The Bertz CT molecular complexity index is 716. The van der Waals surface area contributed by atoms with E-state index in [0.717, 1.165) is 36.9 Å². The van der Waals surface area contributed by atoms with Crippen molar-refractivity contribution in [1.82, 2.24) is 10.5 Å². The lowest BCUT2D eigenvalue weighted by Crippen LogP contribution is -2.29. The molecule has 0 saturated heterocycles. The summed E-state index contributed by atoms with van der Waals surface area (Å²) < 4.78 is 0. The van der Waals surface area contributed by atoms with Gasteiger partial charge >= 0.3 is 0 Å². The number of amides is 1. The lowest BCUT2D eigenvalue weighted by atomic mass is 9.83. The van der Waals surface area contributed by atoms with Crippen LogP contribution >= 0.6 is 0 Å². The summed E-state index contributed by atoms with van der Waals surface area (Å²) in [5.41, 5.74) is 4.98. The molecule has 1 amide bonds. The second-order valence-corrected chi connectivity index (χ2v) is 7.07. The minimum absolute atomic E-state index is 0.253. The molecule has 6 nitrogen and oxygen atoms in total. The van der Waals surface area contributed by atoms with Gasteiger partial charge in [-0.3, -0.25) is 14.6 Å². The first-order valence-electron chi connectivity index (χ1n) is 9.51. The number of aliphatic hydroxyl groups is 1. The smallest absolute Gasteiger partial charge is 0.276 e. The van der Waals surface area contributed by atoms with Crippen LogP contribution < -0.4 is 10.8 Å². The fourth-order valence-electron chi connectivity index (χ4n) is 3.39. The quantitative estimate of drug-likeness (QED) is 0.623. The number of pyridine rings is 1. The Morgan fingerprint density at radius 3 is 2.52 bits per heavy atom. The zero-order chi connectivity index (χ0) is 18.9. The van der Waals surface area contributed by atoms with E-state index in [1.807, 2.05) is 30.3 Å². The second kappa shape index (κ2) is 10.0. The minimum atomic E-state index is -0.253. The zero-order valence-corrected chi connectivity index (χ0v) is 15.4. The van der Waals surface area contributed by atoms with Crippen molar-refractivity contribution in [2.75, 3.05) is 18.5 Å². The first kappa shape index (κ1) is 19.3. The van der Waals surface area contributed by atoms with Crippen LogP contribution in [0.1, 0.15) is 41.6 Å². The summed E-state index contributed by atoms with van der Waals surface area (Å²) in [4.78, 5) is 22.0. The van der Waals surface area contributed by atoms with E-state index >= 15 is 0 Å². The summed E-state index contributed by atoms with van der Waals surface area (Å²) >= 11 is 0. The minimum Gasteiger partial charge on any atom is -0.396 e. The molecule has 0 unspecified atom stereocenters. The Labute approximate surface area is 159 Å². The summed E-state index contributed by atoms with van der Waals surface area (Å²) in [6.07, 6.45) is 7.62. The molecule has 1 aromatic carbocycles. The molecule has 6 heteroatoms. The van der Waals surface area contributed by atoms with Crippen LogP contribution in [0.5, 0.6) is 0 Å². The number of aromatic nitrogens is 1. The van der Waals surface area contributed by atoms with Gasteiger partial charge in [0.2, 0.25) is 0 Å². The van der Waals surface area contributed by atoms with Gasteiger partial charge in [0.25, 0.3) is 5.91 Å². The highest BCUT2D eigenvalue weighted by atomic mass is 16.6. The molecule has 3 rings (SSSR count). The van der Waals surface area contributed by atoms with Crippen LogP contribution in [0.4, 0.5) is 5.69 Å².